The van der Waals surface area contributed by atoms with Gasteiger partial charge < -0.3 is 5.32 Å². The molecule has 23 heavy (non-hydrogen) atoms. The fourth-order valence-electron chi connectivity index (χ4n) is 1.98. The first kappa shape index (κ1) is 17.6. The van der Waals surface area contributed by atoms with Crippen molar-refractivity contribution in [2.75, 3.05) is 11.1 Å². The molecule has 0 aliphatic rings. The molecule has 1 amide bonds. The molecule has 7 heteroatoms. The second kappa shape index (κ2) is 6.80. The number of nitrogens with one attached hydrogen (secondary N) is 1. The van der Waals surface area contributed by atoms with Crippen LogP contribution in [0.1, 0.15) is 47.1 Å². The Hall–Kier alpha value is -1.73. The predicted molar refractivity (Wildman–Crippen MR) is 93.1 cm³/mol. The first-order valence-electron chi connectivity index (χ1n) is 7.36. The Bertz CT molecular complexity index is 806. The zero-order chi connectivity index (χ0) is 17.2. The van der Waals surface area contributed by atoms with Crippen LogP contribution in [-0.4, -0.2) is 25.1 Å². The van der Waals surface area contributed by atoms with Crippen molar-refractivity contribution in [3.05, 3.63) is 39.8 Å². The zero-order valence-corrected chi connectivity index (χ0v) is 15.2. The monoisotopic (exact) mass is 352 g/mol. The molecule has 0 aliphatic heterocycles. The molecule has 1 aromatic carbocycles. The molecular weight excluding hydrogens is 332 g/mol. The van der Waals surface area contributed by atoms with E-state index < -0.39 is 9.84 Å². The molecule has 0 radical (unpaired) electrons. The summed E-state index contributed by atoms with van der Waals surface area (Å²) < 4.78 is 23.5. The minimum atomic E-state index is -3.23. The lowest BCUT2D eigenvalue weighted by Gasteiger charge is -2.06. The normalized spacial score (nSPS) is 11.7. The second-order valence-electron chi connectivity index (χ2n) is 5.50. The van der Waals surface area contributed by atoms with Crippen molar-refractivity contribution in [3.8, 4) is 0 Å². The molecule has 2 aromatic rings. The quantitative estimate of drug-likeness (QED) is 0.891. The van der Waals surface area contributed by atoms with E-state index in [0.29, 0.717) is 16.3 Å². The molecule has 1 aromatic heterocycles. The van der Waals surface area contributed by atoms with Gasteiger partial charge in [-0.05, 0) is 31.2 Å². The summed E-state index contributed by atoms with van der Waals surface area (Å²) in [6, 6.07) is 6.21. The van der Waals surface area contributed by atoms with Gasteiger partial charge in [-0.3, -0.25) is 4.79 Å². The summed E-state index contributed by atoms with van der Waals surface area (Å²) in [6.07, 6.45) is 0. The maximum absolute atomic E-state index is 12.3. The molecule has 0 saturated carbocycles. The lowest BCUT2D eigenvalue weighted by atomic mass is 10.2. The number of carbonyl (C=O) groups excluding carboxylic acids is 1. The van der Waals surface area contributed by atoms with Crippen LogP contribution in [0.25, 0.3) is 0 Å². The van der Waals surface area contributed by atoms with Crippen LogP contribution in [0.2, 0.25) is 0 Å². The highest BCUT2D eigenvalue weighted by atomic mass is 32.2. The molecular formula is C16H20N2O3S2. The molecule has 124 valence electrons. The Labute approximate surface area is 140 Å². The van der Waals surface area contributed by atoms with Crippen molar-refractivity contribution < 1.29 is 13.2 Å². The van der Waals surface area contributed by atoms with Crippen LogP contribution in [0, 0.1) is 6.92 Å². The van der Waals surface area contributed by atoms with Gasteiger partial charge in [-0.1, -0.05) is 20.8 Å². The largest absolute Gasteiger partial charge is 0.321 e. The van der Waals surface area contributed by atoms with Crippen LogP contribution in [-0.2, 0) is 9.84 Å². The molecule has 1 heterocycles. The number of thiazole rings is 1. The SMILES string of the molecule is CCS(=O)(=O)c1ccc(NC(=O)c2sc(C(C)C)nc2C)cc1. The van der Waals surface area contributed by atoms with Crippen molar-refractivity contribution in [3.63, 3.8) is 0 Å². The number of aromatic nitrogens is 1. The molecule has 0 saturated heterocycles. The molecule has 5 nitrogen and oxygen atoms in total. The van der Waals surface area contributed by atoms with E-state index in [1.807, 2.05) is 20.8 Å². The zero-order valence-electron chi connectivity index (χ0n) is 13.6. The Kier molecular flexibility index (Phi) is 5.21. The van der Waals surface area contributed by atoms with Crippen LogP contribution in [0.15, 0.2) is 29.2 Å². The topological polar surface area (TPSA) is 76.1 Å². The van der Waals surface area contributed by atoms with E-state index in [1.54, 1.807) is 19.1 Å². The summed E-state index contributed by atoms with van der Waals surface area (Å²) in [4.78, 5) is 17.6. The molecule has 1 N–H and O–H groups in total. The number of aryl methyl sites for hydroxylation is 1. The summed E-state index contributed by atoms with van der Waals surface area (Å²) in [6.45, 7) is 7.48. The van der Waals surface area contributed by atoms with Crippen LogP contribution in [0.3, 0.4) is 0 Å². The lowest BCUT2D eigenvalue weighted by molar-refractivity contribution is 0.103. The molecule has 0 unspecified atom stereocenters. The summed E-state index contributed by atoms with van der Waals surface area (Å²) in [5.41, 5.74) is 1.27. The highest BCUT2D eigenvalue weighted by Crippen LogP contribution is 2.25. The van der Waals surface area contributed by atoms with Gasteiger partial charge >= 0.3 is 0 Å². The number of anilines is 1. The maximum atomic E-state index is 12.3. The third kappa shape index (κ3) is 3.97. The summed E-state index contributed by atoms with van der Waals surface area (Å²) >= 11 is 1.39. The summed E-state index contributed by atoms with van der Waals surface area (Å²) in [7, 11) is -3.23. The van der Waals surface area contributed by atoms with Crippen molar-refractivity contribution in [1.82, 2.24) is 4.98 Å². The number of benzene rings is 1. The van der Waals surface area contributed by atoms with Gasteiger partial charge in [0.25, 0.3) is 5.91 Å². The van der Waals surface area contributed by atoms with Gasteiger partial charge in [0.05, 0.1) is 21.3 Å². The highest BCUT2D eigenvalue weighted by molar-refractivity contribution is 7.91. The van der Waals surface area contributed by atoms with Crippen molar-refractivity contribution >= 4 is 32.8 Å². The Morgan fingerprint density at radius 2 is 1.87 bits per heavy atom. The van der Waals surface area contributed by atoms with E-state index in [2.05, 4.69) is 10.3 Å². The van der Waals surface area contributed by atoms with Gasteiger partial charge in [0.1, 0.15) is 4.88 Å². The van der Waals surface area contributed by atoms with E-state index in [-0.39, 0.29) is 22.5 Å². The van der Waals surface area contributed by atoms with Gasteiger partial charge in [-0.15, -0.1) is 11.3 Å². The predicted octanol–water partition coefficient (Wildman–Crippen LogP) is 3.62. The van der Waals surface area contributed by atoms with E-state index in [4.69, 9.17) is 0 Å². The molecule has 2 rings (SSSR count). The highest BCUT2D eigenvalue weighted by Gasteiger charge is 2.17. The average Bonchev–Trinajstić information content (AvgIpc) is 2.90. The average molecular weight is 352 g/mol. The Morgan fingerprint density at radius 3 is 2.35 bits per heavy atom. The van der Waals surface area contributed by atoms with E-state index in [9.17, 15) is 13.2 Å². The van der Waals surface area contributed by atoms with Gasteiger partial charge in [-0.25, -0.2) is 13.4 Å². The van der Waals surface area contributed by atoms with Crippen LogP contribution in [0.5, 0.6) is 0 Å². The number of amides is 1. The maximum Gasteiger partial charge on any atom is 0.267 e. The van der Waals surface area contributed by atoms with E-state index in [1.165, 1.54) is 23.5 Å². The number of carbonyl (C=O) groups is 1. The lowest BCUT2D eigenvalue weighted by Crippen LogP contribution is -2.11. The minimum absolute atomic E-state index is 0.0523. The van der Waals surface area contributed by atoms with E-state index in [0.717, 1.165) is 5.01 Å². The third-order valence-electron chi connectivity index (χ3n) is 3.36. The molecule has 0 atom stereocenters. The Morgan fingerprint density at radius 1 is 1.26 bits per heavy atom. The molecule has 0 spiro atoms. The fraction of sp³-hybridized carbons (Fsp3) is 0.375. The van der Waals surface area contributed by atoms with Crippen molar-refractivity contribution in [2.24, 2.45) is 0 Å². The van der Waals surface area contributed by atoms with Gasteiger partial charge in [0.15, 0.2) is 9.84 Å². The van der Waals surface area contributed by atoms with Crippen molar-refractivity contribution in [1.29, 1.82) is 0 Å². The number of nitrogens with zero attached hydrogens (tertiary/aromatic N) is 1. The van der Waals surface area contributed by atoms with E-state index >= 15 is 0 Å². The van der Waals surface area contributed by atoms with Gasteiger partial charge in [0, 0.05) is 11.6 Å². The minimum Gasteiger partial charge on any atom is -0.321 e. The molecule has 0 fully saturated rings. The van der Waals surface area contributed by atoms with Gasteiger partial charge in [0.2, 0.25) is 0 Å². The third-order valence-corrected chi connectivity index (χ3v) is 6.57. The summed E-state index contributed by atoms with van der Waals surface area (Å²) in [5, 5.41) is 3.71. The number of hydrogen-bond donors (Lipinski definition) is 1. The second-order valence-corrected chi connectivity index (χ2v) is 8.81. The van der Waals surface area contributed by atoms with Crippen LogP contribution in [0.4, 0.5) is 5.69 Å². The number of rotatable bonds is 5. The first-order chi connectivity index (χ1) is 10.7. The number of hydrogen-bond acceptors (Lipinski definition) is 5. The molecule has 0 bridgehead atoms. The van der Waals surface area contributed by atoms with Gasteiger partial charge in [-0.2, -0.15) is 0 Å². The smallest absolute Gasteiger partial charge is 0.267 e. The Balaban J connectivity index is 2.18. The number of sulfone groups is 1. The first-order valence-corrected chi connectivity index (χ1v) is 9.83. The standard InChI is InChI=1S/C16H20N2O3S2/c1-5-23(20,21)13-8-6-12(7-9-13)18-15(19)14-11(4)17-16(22-14)10(2)3/h6-10H,5H2,1-4H3,(H,18,19). The summed E-state index contributed by atoms with van der Waals surface area (Å²) in [5.74, 6) is 0.105. The van der Waals surface area contributed by atoms with Crippen molar-refractivity contribution in [2.45, 2.75) is 38.5 Å². The van der Waals surface area contributed by atoms with Crippen LogP contribution >= 0.6 is 11.3 Å². The fourth-order valence-corrected chi connectivity index (χ4v) is 3.82. The molecule has 0 aliphatic carbocycles. The van der Waals surface area contributed by atoms with Crippen LogP contribution < -0.4 is 5.32 Å².